The Morgan fingerprint density at radius 2 is 2.00 bits per heavy atom. The van der Waals surface area contributed by atoms with Gasteiger partial charge < -0.3 is 10.2 Å². The van der Waals surface area contributed by atoms with Crippen LogP contribution in [0.25, 0.3) is 5.82 Å². The van der Waals surface area contributed by atoms with E-state index in [9.17, 15) is 4.79 Å². The molecule has 0 aliphatic carbocycles. The molecule has 0 bridgehead atoms. The minimum Gasteiger partial charge on any atom is -0.344 e. The first-order chi connectivity index (χ1) is 12.1. The van der Waals surface area contributed by atoms with Crippen molar-refractivity contribution in [3.8, 4) is 5.82 Å². The SMILES string of the molecule is CN(C)CC(NC(=O)c1ccnc(-n2ccnc2)c1)c1ccccc1. The average Bonchev–Trinajstić information content (AvgIpc) is 3.16. The topological polar surface area (TPSA) is 63.1 Å². The molecule has 1 atom stereocenters. The van der Waals surface area contributed by atoms with Crippen molar-refractivity contribution >= 4 is 5.91 Å². The lowest BCUT2D eigenvalue weighted by Crippen LogP contribution is -2.35. The molecule has 128 valence electrons. The van der Waals surface area contributed by atoms with Crippen LogP contribution in [-0.4, -0.2) is 46.0 Å². The number of nitrogens with one attached hydrogen (secondary N) is 1. The van der Waals surface area contributed by atoms with E-state index in [1.54, 1.807) is 41.6 Å². The number of nitrogens with zero attached hydrogens (tertiary/aromatic N) is 4. The molecular formula is C19H21N5O. The van der Waals surface area contributed by atoms with Crippen LogP contribution >= 0.6 is 0 Å². The first kappa shape index (κ1) is 16.9. The number of hydrogen-bond donors (Lipinski definition) is 1. The molecule has 0 spiro atoms. The van der Waals surface area contributed by atoms with E-state index in [2.05, 4.69) is 20.2 Å². The number of pyridine rings is 1. The van der Waals surface area contributed by atoms with E-state index in [-0.39, 0.29) is 11.9 Å². The lowest BCUT2D eigenvalue weighted by Gasteiger charge is -2.23. The van der Waals surface area contributed by atoms with Crippen LogP contribution in [0.5, 0.6) is 0 Å². The predicted molar refractivity (Wildman–Crippen MR) is 96.6 cm³/mol. The smallest absolute Gasteiger partial charge is 0.251 e. The molecule has 0 saturated heterocycles. The Kier molecular flexibility index (Phi) is 5.20. The summed E-state index contributed by atoms with van der Waals surface area (Å²) in [6, 6.07) is 13.4. The molecule has 0 aliphatic heterocycles. The summed E-state index contributed by atoms with van der Waals surface area (Å²) >= 11 is 0. The zero-order valence-electron chi connectivity index (χ0n) is 14.3. The number of imidazole rings is 1. The van der Waals surface area contributed by atoms with E-state index < -0.39 is 0 Å². The Morgan fingerprint density at radius 3 is 2.68 bits per heavy atom. The van der Waals surface area contributed by atoms with Crippen molar-refractivity contribution in [3.63, 3.8) is 0 Å². The molecule has 0 aliphatic rings. The molecule has 3 rings (SSSR count). The molecule has 6 nitrogen and oxygen atoms in total. The molecular weight excluding hydrogens is 314 g/mol. The normalized spacial score (nSPS) is 12.1. The van der Waals surface area contributed by atoms with Crippen LogP contribution in [-0.2, 0) is 0 Å². The van der Waals surface area contributed by atoms with E-state index in [1.165, 1.54) is 0 Å². The van der Waals surface area contributed by atoms with E-state index in [4.69, 9.17) is 0 Å². The summed E-state index contributed by atoms with van der Waals surface area (Å²) in [6.07, 6.45) is 6.76. The Bertz CT molecular complexity index is 815. The fraction of sp³-hybridized carbons (Fsp3) is 0.211. The number of hydrogen-bond acceptors (Lipinski definition) is 4. The van der Waals surface area contributed by atoms with Crippen LogP contribution in [0.3, 0.4) is 0 Å². The number of carbonyl (C=O) groups is 1. The van der Waals surface area contributed by atoms with Crippen LogP contribution in [0, 0.1) is 0 Å². The minimum absolute atomic E-state index is 0.0893. The van der Waals surface area contributed by atoms with Crippen molar-refractivity contribution in [3.05, 3.63) is 78.5 Å². The standard InChI is InChI=1S/C19H21N5O/c1-23(2)13-17(15-6-4-3-5-7-15)22-19(25)16-8-9-21-18(12-16)24-11-10-20-14-24/h3-12,14,17H,13H2,1-2H3,(H,22,25). The largest absolute Gasteiger partial charge is 0.344 e. The second-order valence-corrected chi connectivity index (χ2v) is 6.07. The maximum Gasteiger partial charge on any atom is 0.251 e. The van der Waals surface area contributed by atoms with Crippen molar-refractivity contribution in [2.45, 2.75) is 6.04 Å². The molecule has 2 heterocycles. The summed E-state index contributed by atoms with van der Waals surface area (Å²) in [5.74, 6) is 0.536. The Labute approximate surface area is 147 Å². The number of aromatic nitrogens is 3. The van der Waals surface area contributed by atoms with Crippen LogP contribution in [0.2, 0.25) is 0 Å². The third kappa shape index (κ3) is 4.30. The van der Waals surface area contributed by atoms with Crippen molar-refractivity contribution in [1.82, 2.24) is 24.8 Å². The number of amides is 1. The van der Waals surface area contributed by atoms with Gasteiger partial charge in [-0.25, -0.2) is 9.97 Å². The first-order valence-corrected chi connectivity index (χ1v) is 8.08. The lowest BCUT2D eigenvalue weighted by molar-refractivity contribution is 0.0930. The minimum atomic E-state index is -0.125. The highest BCUT2D eigenvalue weighted by Gasteiger charge is 2.17. The first-order valence-electron chi connectivity index (χ1n) is 8.08. The fourth-order valence-corrected chi connectivity index (χ4v) is 2.62. The second kappa shape index (κ2) is 7.72. The maximum absolute atomic E-state index is 12.7. The highest BCUT2D eigenvalue weighted by Crippen LogP contribution is 2.15. The van der Waals surface area contributed by atoms with Gasteiger partial charge in [0.05, 0.1) is 6.04 Å². The Hall–Kier alpha value is -2.99. The van der Waals surface area contributed by atoms with Crippen molar-refractivity contribution in [1.29, 1.82) is 0 Å². The fourth-order valence-electron chi connectivity index (χ4n) is 2.62. The summed E-state index contributed by atoms with van der Waals surface area (Å²) in [4.78, 5) is 23.1. The van der Waals surface area contributed by atoms with Gasteiger partial charge in [-0.2, -0.15) is 0 Å². The van der Waals surface area contributed by atoms with Crippen molar-refractivity contribution < 1.29 is 4.79 Å². The van der Waals surface area contributed by atoms with Gasteiger partial charge in [0.15, 0.2) is 0 Å². The Morgan fingerprint density at radius 1 is 1.20 bits per heavy atom. The van der Waals surface area contributed by atoms with Crippen LogP contribution in [0.4, 0.5) is 0 Å². The van der Waals surface area contributed by atoms with Crippen LogP contribution in [0.15, 0.2) is 67.4 Å². The van der Waals surface area contributed by atoms with Crippen molar-refractivity contribution in [2.75, 3.05) is 20.6 Å². The molecule has 2 aromatic heterocycles. The zero-order chi connectivity index (χ0) is 17.6. The number of rotatable bonds is 6. The van der Waals surface area contributed by atoms with E-state index in [0.29, 0.717) is 11.4 Å². The second-order valence-electron chi connectivity index (χ2n) is 6.07. The van der Waals surface area contributed by atoms with Crippen LogP contribution < -0.4 is 5.32 Å². The van der Waals surface area contributed by atoms with Crippen molar-refractivity contribution in [2.24, 2.45) is 0 Å². The van der Waals surface area contributed by atoms with Gasteiger partial charge in [0.2, 0.25) is 0 Å². The van der Waals surface area contributed by atoms with Gasteiger partial charge in [0.25, 0.3) is 5.91 Å². The van der Waals surface area contributed by atoms with E-state index >= 15 is 0 Å². The average molecular weight is 335 g/mol. The molecule has 0 fully saturated rings. The lowest BCUT2D eigenvalue weighted by atomic mass is 10.1. The van der Waals surface area contributed by atoms with E-state index in [1.807, 2.05) is 44.4 Å². The highest BCUT2D eigenvalue weighted by atomic mass is 16.1. The van der Waals surface area contributed by atoms with E-state index in [0.717, 1.165) is 12.1 Å². The molecule has 1 aromatic carbocycles. The molecule has 0 saturated carbocycles. The predicted octanol–water partition coefficient (Wildman–Crippen LogP) is 2.30. The third-order valence-corrected chi connectivity index (χ3v) is 3.83. The van der Waals surface area contributed by atoms with Gasteiger partial charge >= 0.3 is 0 Å². The van der Waals surface area contributed by atoms with Gasteiger partial charge in [-0.1, -0.05) is 30.3 Å². The molecule has 1 amide bonds. The highest BCUT2D eigenvalue weighted by molar-refractivity contribution is 5.94. The quantitative estimate of drug-likeness (QED) is 0.751. The monoisotopic (exact) mass is 335 g/mol. The summed E-state index contributed by atoms with van der Waals surface area (Å²) in [7, 11) is 3.98. The number of likely N-dealkylation sites (N-methyl/N-ethyl adjacent to an activating group) is 1. The maximum atomic E-state index is 12.7. The zero-order valence-corrected chi connectivity index (χ0v) is 14.3. The molecule has 0 radical (unpaired) electrons. The molecule has 3 aromatic rings. The number of benzene rings is 1. The number of carbonyl (C=O) groups excluding carboxylic acids is 1. The van der Waals surface area contributed by atoms with Gasteiger partial charge in [0.1, 0.15) is 12.1 Å². The molecule has 25 heavy (non-hydrogen) atoms. The summed E-state index contributed by atoms with van der Waals surface area (Å²) in [5.41, 5.74) is 1.65. The Balaban J connectivity index is 1.81. The van der Waals surface area contributed by atoms with Crippen LogP contribution in [0.1, 0.15) is 22.0 Å². The summed E-state index contributed by atoms with van der Waals surface area (Å²) < 4.78 is 1.77. The van der Waals surface area contributed by atoms with Gasteiger partial charge in [-0.3, -0.25) is 9.36 Å². The molecule has 1 unspecified atom stereocenters. The molecule has 1 N–H and O–H groups in total. The summed E-state index contributed by atoms with van der Waals surface area (Å²) in [6.45, 7) is 0.717. The van der Waals surface area contributed by atoms with Gasteiger partial charge in [0, 0.05) is 30.7 Å². The van der Waals surface area contributed by atoms with Gasteiger partial charge in [-0.15, -0.1) is 0 Å². The third-order valence-electron chi connectivity index (χ3n) is 3.83. The van der Waals surface area contributed by atoms with Gasteiger partial charge in [-0.05, 0) is 31.8 Å². The summed E-state index contributed by atoms with van der Waals surface area (Å²) in [5, 5.41) is 3.12. The molecule has 6 heteroatoms.